The van der Waals surface area contributed by atoms with E-state index in [1.165, 1.54) is 58.4 Å². The maximum atomic E-state index is 3.87. The molecule has 0 atom stereocenters. The SMILES string of the molecule is BrC1=CC2=C(CC1)c1cc3ccccc3cc1C21c2ccccc2Sc2ccccc21. The average Bonchev–Trinajstić information content (AvgIpc) is 3.07. The van der Waals surface area contributed by atoms with Crippen molar-refractivity contribution < 1.29 is 0 Å². The summed E-state index contributed by atoms with van der Waals surface area (Å²) in [5.41, 5.74) is 8.41. The monoisotopic (exact) mass is 478 g/mol. The molecule has 1 aliphatic heterocycles. The normalized spacial score (nSPS) is 17.8. The Kier molecular flexibility index (Phi) is 3.77. The third-order valence-corrected chi connectivity index (χ3v) is 8.84. The number of halogens is 1. The molecule has 4 aromatic carbocycles. The molecule has 148 valence electrons. The van der Waals surface area contributed by atoms with Crippen molar-refractivity contribution in [3.05, 3.63) is 123 Å². The topological polar surface area (TPSA) is 0 Å². The van der Waals surface area contributed by atoms with Gasteiger partial charge in [0.15, 0.2) is 0 Å². The van der Waals surface area contributed by atoms with E-state index in [0.717, 1.165) is 12.8 Å². The van der Waals surface area contributed by atoms with Crippen LogP contribution in [0.5, 0.6) is 0 Å². The van der Waals surface area contributed by atoms with Crippen molar-refractivity contribution in [1.82, 2.24) is 0 Å². The summed E-state index contributed by atoms with van der Waals surface area (Å²) in [5, 5.41) is 2.64. The first-order chi connectivity index (χ1) is 15.3. The lowest BCUT2D eigenvalue weighted by Crippen LogP contribution is -2.33. The van der Waals surface area contributed by atoms with Gasteiger partial charge in [-0.15, -0.1) is 0 Å². The number of benzene rings is 4. The Labute approximate surface area is 194 Å². The second-order valence-corrected chi connectivity index (χ2v) is 10.7. The van der Waals surface area contributed by atoms with Gasteiger partial charge >= 0.3 is 0 Å². The van der Waals surface area contributed by atoms with Gasteiger partial charge in [0.1, 0.15) is 0 Å². The van der Waals surface area contributed by atoms with Gasteiger partial charge in [-0.25, -0.2) is 0 Å². The minimum atomic E-state index is -0.257. The van der Waals surface area contributed by atoms with E-state index in [0.29, 0.717) is 0 Å². The van der Waals surface area contributed by atoms with Gasteiger partial charge in [-0.3, -0.25) is 0 Å². The Bertz CT molecular complexity index is 1430. The third-order valence-electron chi connectivity index (χ3n) is 7.06. The van der Waals surface area contributed by atoms with Crippen molar-refractivity contribution in [3.63, 3.8) is 0 Å². The van der Waals surface area contributed by atoms with Gasteiger partial charge in [-0.1, -0.05) is 88.4 Å². The molecule has 2 aliphatic carbocycles. The molecule has 0 saturated carbocycles. The van der Waals surface area contributed by atoms with Crippen LogP contribution in [0.1, 0.15) is 35.1 Å². The van der Waals surface area contributed by atoms with Gasteiger partial charge < -0.3 is 0 Å². The number of fused-ring (bicyclic) bond motifs is 9. The predicted octanol–water partition coefficient (Wildman–Crippen LogP) is 8.48. The van der Waals surface area contributed by atoms with Gasteiger partial charge in [-0.05, 0) is 91.8 Å². The zero-order valence-corrected chi connectivity index (χ0v) is 19.3. The molecule has 2 heteroatoms. The summed E-state index contributed by atoms with van der Waals surface area (Å²) < 4.78 is 1.30. The zero-order valence-electron chi connectivity index (χ0n) is 16.9. The summed E-state index contributed by atoms with van der Waals surface area (Å²) in [6.07, 6.45) is 4.57. The lowest BCUT2D eigenvalue weighted by molar-refractivity contribution is 0.713. The molecule has 0 amide bonds. The second-order valence-electron chi connectivity index (χ2n) is 8.57. The number of hydrogen-bond donors (Lipinski definition) is 0. The van der Waals surface area contributed by atoms with Gasteiger partial charge in [0, 0.05) is 9.79 Å². The Hall–Kier alpha value is -2.55. The minimum absolute atomic E-state index is 0.257. The first kappa shape index (κ1) is 18.1. The molecule has 7 rings (SSSR count). The summed E-state index contributed by atoms with van der Waals surface area (Å²) in [5.74, 6) is 0. The Balaban J connectivity index is 1.70. The quantitative estimate of drug-likeness (QED) is 0.244. The molecule has 0 saturated heterocycles. The van der Waals surface area contributed by atoms with Crippen LogP contribution in [0.2, 0.25) is 0 Å². The minimum Gasteiger partial charge on any atom is -0.0894 e. The smallest absolute Gasteiger partial charge is 0.0732 e. The number of hydrogen-bond acceptors (Lipinski definition) is 1. The second kappa shape index (κ2) is 6.48. The fourth-order valence-corrected chi connectivity index (χ4v) is 7.45. The molecular formula is C29H19BrS. The van der Waals surface area contributed by atoms with Crippen LogP contribution in [0, 0.1) is 0 Å². The van der Waals surface area contributed by atoms with Gasteiger partial charge in [0.2, 0.25) is 0 Å². The summed E-state index contributed by atoms with van der Waals surface area (Å²) in [4.78, 5) is 2.73. The highest BCUT2D eigenvalue weighted by atomic mass is 79.9. The van der Waals surface area contributed by atoms with Crippen LogP contribution in [0.4, 0.5) is 0 Å². The molecule has 0 aromatic heterocycles. The lowest BCUT2D eigenvalue weighted by Gasteiger charge is -2.41. The standard InChI is InChI=1S/C29H19BrS/c30-20-13-14-21-22-15-18-7-1-2-8-19(18)16-25(22)29(26(21)17-20)23-9-3-5-11-27(23)31-28-12-6-4-10-24(28)29/h1-12,15-17H,13-14H2. The maximum absolute atomic E-state index is 3.87. The molecule has 0 nitrogen and oxygen atoms in total. The summed E-state index contributed by atoms with van der Waals surface area (Å²) in [6.45, 7) is 0. The third kappa shape index (κ3) is 2.32. The van der Waals surface area contributed by atoms with E-state index in [-0.39, 0.29) is 5.41 Å². The summed E-state index contributed by atoms with van der Waals surface area (Å²) in [7, 11) is 0. The van der Waals surface area contributed by atoms with E-state index in [1.54, 1.807) is 0 Å². The van der Waals surface area contributed by atoms with Crippen LogP contribution in [-0.2, 0) is 5.41 Å². The van der Waals surface area contributed by atoms with Crippen molar-refractivity contribution in [1.29, 1.82) is 0 Å². The largest absolute Gasteiger partial charge is 0.0894 e. The van der Waals surface area contributed by atoms with Crippen LogP contribution in [-0.4, -0.2) is 0 Å². The lowest BCUT2D eigenvalue weighted by atomic mass is 9.66. The fourth-order valence-electron chi connectivity index (χ4n) is 5.83. The molecule has 0 N–H and O–H groups in total. The van der Waals surface area contributed by atoms with Crippen LogP contribution < -0.4 is 0 Å². The van der Waals surface area contributed by atoms with E-state index in [4.69, 9.17) is 0 Å². The molecule has 3 aliphatic rings. The van der Waals surface area contributed by atoms with E-state index < -0.39 is 0 Å². The van der Waals surface area contributed by atoms with E-state index >= 15 is 0 Å². The summed E-state index contributed by atoms with van der Waals surface area (Å²) >= 11 is 5.77. The van der Waals surface area contributed by atoms with E-state index in [9.17, 15) is 0 Å². The Morgan fingerprint density at radius 2 is 1.29 bits per heavy atom. The number of rotatable bonds is 0. The molecule has 0 fully saturated rings. The van der Waals surface area contributed by atoms with Gasteiger partial charge in [0.25, 0.3) is 0 Å². The molecule has 1 spiro atoms. The van der Waals surface area contributed by atoms with Crippen LogP contribution in [0.3, 0.4) is 0 Å². The predicted molar refractivity (Wildman–Crippen MR) is 134 cm³/mol. The average molecular weight is 479 g/mol. The van der Waals surface area contributed by atoms with E-state index in [2.05, 4.69) is 107 Å². The first-order valence-electron chi connectivity index (χ1n) is 10.8. The van der Waals surface area contributed by atoms with Crippen molar-refractivity contribution in [2.24, 2.45) is 0 Å². The van der Waals surface area contributed by atoms with Crippen LogP contribution >= 0.6 is 27.7 Å². The van der Waals surface area contributed by atoms with Crippen molar-refractivity contribution >= 4 is 44.0 Å². The highest BCUT2D eigenvalue weighted by Crippen LogP contribution is 2.63. The molecule has 4 aromatic rings. The maximum Gasteiger partial charge on any atom is 0.0732 e. The van der Waals surface area contributed by atoms with E-state index in [1.807, 2.05) is 11.8 Å². The van der Waals surface area contributed by atoms with Crippen LogP contribution in [0.25, 0.3) is 16.3 Å². The first-order valence-corrected chi connectivity index (χ1v) is 12.4. The Morgan fingerprint density at radius 1 is 0.677 bits per heavy atom. The highest BCUT2D eigenvalue weighted by Gasteiger charge is 2.51. The highest BCUT2D eigenvalue weighted by molar-refractivity contribution is 9.11. The number of allylic oxidation sites excluding steroid dienone is 4. The van der Waals surface area contributed by atoms with Crippen molar-refractivity contribution in [3.8, 4) is 0 Å². The molecule has 0 bridgehead atoms. The fraction of sp³-hybridized carbons (Fsp3) is 0.103. The summed E-state index contributed by atoms with van der Waals surface area (Å²) in [6, 6.07) is 31.7. The van der Waals surface area contributed by atoms with Gasteiger partial charge in [0.05, 0.1) is 5.41 Å². The molecule has 0 radical (unpaired) electrons. The van der Waals surface area contributed by atoms with Crippen LogP contribution in [0.15, 0.2) is 111 Å². The molecular weight excluding hydrogens is 460 g/mol. The van der Waals surface area contributed by atoms with Crippen molar-refractivity contribution in [2.75, 3.05) is 0 Å². The molecule has 31 heavy (non-hydrogen) atoms. The molecule has 0 unspecified atom stereocenters. The molecule has 1 heterocycles. The Morgan fingerprint density at radius 3 is 2.00 bits per heavy atom. The zero-order chi connectivity index (χ0) is 20.6. The van der Waals surface area contributed by atoms with Crippen molar-refractivity contribution in [2.45, 2.75) is 28.0 Å². The van der Waals surface area contributed by atoms with Gasteiger partial charge in [-0.2, -0.15) is 0 Å².